The summed E-state index contributed by atoms with van der Waals surface area (Å²) in [5.41, 5.74) is 1.75. The summed E-state index contributed by atoms with van der Waals surface area (Å²) < 4.78 is 5.54. The van der Waals surface area contributed by atoms with Crippen molar-refractivity contribution in [3.8, 4) is 5.75 Å². The van der Waals surface area contributed by atoms with Crippen LogP contribution in [0.15, 0.2) is 36.4 Å². The Balaban J connectivity index is 1.65. The second kappa shape index (κ2) is 8.32. The van der Waals surface area contributed by atoms with Crippen molar-refractivity contribution in [3.63, 3.8) is 0 Å². The van der Waals surface area contributed by atoms with Gasteiger partial charge >= 0.3 is 0 Å². The number of carbonyl (C=O) groups excluding carboxylic acids is 3. The SMILES string of the molecule is Cc1ccc([N+](=O)[O-])cc1NC(=O)CCC(=O)c1ccc2c(c1)N(C)C(=O)C(C)O2. The van der Waals surface area contributed by atoms with E-state index >= 15 is 0 Å². The van der Waals surface area contributed by atoms with Crippen LogP contribution >= 0.6 is 0 Å². The second-order valence-corrected chi connectivity index (χ2v) is 7.07. The van der Waals surface area contributed by atoms with Crippen LogP contribution in [0.4, 0.5) is 17.1 Å². The number of fused-ring (bicyclic) bond motifs is 1. The summed E-state index contributed by atoms with van der Waals surface area (Å²) in [7, 11) is 1.61. The second-order valence-electron chi connectivity index (χ2n) is 7.07. The Bertz CT molecular complexity index is 1050. The van der Waals surface area contributed by atoms with Gasteiger partial charge in [0.2, 0.25) is 5.91 Å². The molecule has 9 nitrogen and oxygen atoms in total. The molecule has 0 spiro atoms. The van der Waals surface area contributed by atoms with E-state index < -0.39 is 16.9 Å². The van der Waals surface area contributed by atoms with E-state index in [1.807, 2.05) is 0 Å². The molecule has 0 fully saturated rings. The number of anilines is 2. The minimum Gasteiger partial charge on any atom is -0.479 e. The van der Waals surface area contributed by atoms with Gasteiger partial charge in [0.25, 0.3) is 11.6 Å². The molecular weight excluding hydrogens is 390 g/mol. The van der Waals surface area contributed by atoms with Crippen LogP contribution in [0.3, 0.4) is 0 Å². The maximum absolute atomic E-state index is 12.5. The molecular formula is C21H21N3O6. The fraction of sp³-hybridized carbons (Fsp3) is 0.286. The van der Waals surface area contributed by atoms with Gasteiger partial charge in [-0.1, -0.05) is 6.07 Å². The number of carbonyl (C=O) groups is 3. The van der Waals surface area contributed by atoms with E-state index in [2.05, 4.69) is 5.32 Å². The van der Waals surface area contributed by atoms with E-state index in [1.165, 1.54) is 17.0 Å². The van der Waals surface area contributed by atoms with Crippen LogP contribution in [0.2, 0.25) is 0 Å². The highest BCUT2D eigenvalue weighted by molar-refractivity contribution is 6.04. The third kappa shape index (κ3) is 4.29. The van der Waals surface area contributed by atoms with Crippen LogP contribution in [0.25, 0.3) is 0 Å². The summed E-state index contributed by atoms with van der Waals surface area (Å²) in [6.07, 6.45) is -0.724. The van der Waals surface area contributed by atoms with Gasteiger partial charge in [0.1, 0.15) is 5.75 Å². The van der Waals surface area contributed by atoms with Crippen LogP contribution in [-0.2, 0) is 9.59 Å². The van der Waals surface area contributed by atoms with Crippen molar-refractivity contribution in [1.82, 2.24) is 0 Å². The van der Waals surface area contributed by atoms with Crippen LogP contribution in [0.5, 0.6) is 5.75 Å². The number of ketones is 1. The van der Waals surface area contributed by atoms with Gasteiger partial charge in [0, 0.05) is 37.6 Å². The molecule has 156 valence electrons. The number of nitrogens with zero attached hydrogens (tertiary/aromatic N) is 2. The average molecular weight is 411 g/mol. The molecule has 0 radical (unpaired) electrons. The lowest BCUT2D eigenvalue weighted by molar-refractivity contribution is -0.384. The van der Waals surface area contributed by atoms with E-state index in [1.54, 1.807) is 45.2 Å². The Kier molecular flexibility index (Phi) is 5.81. The maximum Gasteiger partial charge on any atom is 0.271 e. The quantitative estimate of drug-likeness (QED) is 0.443. The van der Waals surface area contributed by atoms with Gasteiger partial charge in [-0.25, -0.2) is 0 Å². The molecule has 2 aromatic rings. The lowest BCUT2D eigenvalue weighted by Crippen LogP contribution is -2.42. The van der Waals surface area contributed by atoms with Crippen LogP contribution < -0.4 is 15.0 Å². The molecule has 2 aromatic carbocycles. The van der Waals surface area contributed by atoms with Crippen molar-refractivity contribution < 1.29 is 24.0 Å². The zero-order valence-electron chi connectivity index (χ0n) is 16.8. The molecule has 1 aliphatic rings. The topological polar surface area (TPSA) is 119 Å². The smallest absolute Gasteiger partial charge is 0.271 e. The first kappa shape index (κ1) is 21.0. The van der Waals surface area contributed by atoms with Crippen LogP contribution in [0.1, 0.15) is 35.7 Å². The van der Waals surface area contributed by atoms with Gasteiger partial charge in [-0.05, 0) is 37.6 Å². The number of aryl methyl sites for hydroxylation is 1. The molecule has 2 amide bonds. The predicted molar refractivity (Wildman–Crippen MR) is 110 cm³/mol. The number of benzene rings is 2. The molecule has 0 aromatic heterocycles. The number of hydrogen-bond acceptors (Lipinski definition) is 6. The summed E-state index contributed by atoms with van der Waals surface area (Å²) in [6, 6.07) is 8.99. The molecule has 9 heteroatoms. The van der Waals surface area contributed by atoms with Crippen LogP contribution in [-0.4, -0.2) is 35.7 Å². The van der Waals surface area contributed by atoms with Gasteiger partial charge in [0.05, 0.1) is 16.3 Å². The molecule has 1 unspecified atom stereocenters. The fourth-order valence-corrected chi connectivity index (χ4v) is 3.13. The third-order valence-corrected chi connectivity index (χ3v) is 4.91. The number of likely N-dealkylation sites (N-methyl/N-ethyl adjacent to an activating group) is 1. The van der Waals surface area contributed by atoms with E-state index in [0.717, 1.165) is 0 Å². The number of nitro groups is 1. The Morgan fingerprint density at radius 2 is 1.93 bits per heavy atom. The zero-order chi connectivity index (χ0) is 22.0. The first-order chi connectivity index (χ1) is 14.2. The normalized spacial score (nSPS) is 15.2. The van der Waals surface area contributed by atoms with E-state index in [-0.39, 0.29) is 30.2 Å². The Hall–Kier alpha value is -3.75. The molecule has 0 bridgehead atoms. The molecule has 1 atom stereocenters. The van der Waals surface area contributed by atoms with E-state index in [0.29, 0.717) is 28.3 Å². The number of amides is 2. The lowest BCUT2D eigenvalue weighted by atomic mass is 10.0. The monoisotopic (exact) mass is 411 g/mol. The number of hydrogen-bond donors (Lipinski definition) is 1. The Labute approximate surface area is 172 Å². The molecule has 0 saturated heterocycles. The highest BCUT2D eigenvalue weighted by atomic mass is 16.6. The molecule has 1 N–H and O–H groups in total. The number of nitro benzene ring substituents is 1. The number of rotatable bonds is 6. The van der Waals surface area contributed by atoms with Gasteiger partial charge < -0.3 is 15.0 Å². The largest absolute Gasteiger partial charge is 0.479 e. The Morgan fingerprint density at radius 1 is 1.20 bits per heavy atom. The standard InChI is InChI=1S/C21H21N3O6/c1-12-4-6-15(24(28)29)11-16(12)22-20(26)9-7-18(25)14-5-8-19-17(10-14)23(3)21(27)13(2)30-19/h4-6,8,10-11,13H,7,9H2,1-3H3,(H,22,26). The van der Waals surface area contributed by atoms with Crippen molar-refractivity contribution in [2.75, 3.05) is 17.3 Å². The number of nitrogens with one attached hydrogen (secondary N) is 1. The van der Waals surface area contributed by atoms with Gasteiger partial charge in [-0.15, -0.1) is 0 Å². The van der Waals surface area contributed by atoms with Crippen molar-refractivity contribution in [2.24, 2.45) is 0 Å². The predicted octanol–water partition coefficient (Wildman–Crippen LogP) is 3.25. The minimum absolute atomic E-state index is 0.0481. The van der Waals surface area contributed by atoms with Crippen molar-refractivity contribution >= 4 is 34.7 Å². The first-order valence-corrected chi connectivity index (χ1v) is 9.33. The number of ether oxygens (including phenoxy) is 1. The Morgan fingerprint density at radius 3 is 2.63 bits per heavy atom. The molecule has 3 rings (SSSR count). The molecule has 30 heavy (non-hydrogen) atoms. The van der Waals surface area contributed by atoms with Crippen molar-refractivity contribution in [2.45, 2.75) is 32.8 Å². The highest BCUT2D eigenvalue weighted by Crippen LogP contribution is 2.34. The molecule has 0 saturated carbocycles. The summed E-state index contributed by atoms with van der Waals surface area (Å²) >= 11 is 0. The fourth-order valence-electron chi connectivity index (χ4n) is 3.13. The molecule has 0 aliphatic carbocycles. The summed E-state index contributed by atoms with van der Waals surface area (Å²) in [5, 5.41) is 13.5. The average Bonchev–Trinajstić information content (AvgIpc) is 2.71. The van der Waals surface area contributed by atoms with Crippen molar-refractivity contribution in [1.29, 1.82) is 0 Å². The number of non-ortho nitro benzene ring substituents is 1. The summed E-state index contributed by atoms with van der Waals surface area (Å²) in [4.78, 5) is 48.7. The lowest BCUT2D eigenvalue weighted by Gasteiger charge is -2.30. The number of Topliss-reactive ketones (excluding diaryl/α,β-unsaturated/α-hetero) is 1. The van der Waals surface area contributed by atoms with E-state index in [9.17, 15) is 24.5 Å². The zero-order valence-corrected chi connectivity index (χ0v) is 16.8. The van der Waals surface area contributed by atoms with Crippen molar-refractivity contribution in [3.05, 3.63) is 57.6 Å². The van der Waals surface area contributed by atoms with Gasteiger partial charge in [-0.2, -0.15) is 0 Å². The first-order valence-electron chi connectivity index (χ1n) is 9.33. The van der Waals surface area contributed by atoms with Gasteiger partial charge in [-0.3, -0.25) is 24.5 Å². The minimum atomic E-state index is -0.593. The molecule has 1 aliphatic heterocycles. The van der Waals surface area contributed by atoms with Crippen LogP contribution in [0, 0.1) is 17.0 Å². The highest BCUT2D eigenvalue weighted by Gasteiger charge is 2.29. The van der Waals surface area contributed by atoms with Gasteiger partial charge in [0.15, 0.2) is 11.9 Å². The third-order valence-electron chi connectivity index (χ3n) is 4.91. The molecule has 1 heterocycles. The van der Waals surface area contributed by atoms with E-state index in [4.69, 9.17) is 4.74 Å². The maximum atomic E-state index is 12.5. The summed E-state index contributed by atoms with van der Waals surface area (Å²) in [5.74, 6) is -0.378. The summed E-state index contributed by atoms with van der Waals surface area (Å²) in [6.45, 7) is 3.38.